The maximum atomic E-state index is 12.2. The molecule has 3 N–H and O–H groups in total. The average molecular weight is 252 g/mol. The number of aliphatic hydroxyl groups excluding tert-OH is 1. The normalized spacial score (nSPS) is 37.1. The standard InChI is InChI=1S/C14H24N2O2/c17-6-3-10-7-11(8-10)16-13(18)12-14(9-15-12)4-1-2-5-14/h10-12,15,17H,1-9H2,(H,16,18). The van der Waals surface area contributed by atoms with E-state index >= 15 is 0 Å². The molecule has 3 rings (SSSR count). The van der Waals surface area contributed by atoms with Crippen molar-refractivity contribution in [1.29, 1.82) is 0 Å². The second-order valence-electron chi connectivity index (χ2n) is 6.44. The van der Waals surface area contributed by atoms with E-state index in [1.807, 2.05) is 0 Å². The molecule has 1 spiro atoms. The van der Waals surface area contributed by atoms with E-state index in [1.54, 1.807) is 0 Å². The number of nitrogens with one attached hydrogen (secondary N) is 2. The summed E-state index contributed by atoms with van der Waals surface area (Å²) in [7, 11) is 0. The maximum Gasteiger partial charge on any atom is 0.237 e. The van der Waals surface area contributed by atoms with Crippen molar-refractivity contribution in [2.45, 2.75) is 57.0 Å². The largest absolute Gasteiger partial charge is 0.396 e. The second kappa shape index (κ2) is 4.82. The van der Waals surface area contributed by atoms with E-state index in [0.717, 1.165) is 25.8 Å². The molecule has 4 nitrogen and oxygen atoms in total. The van der Waals surface area contributed by atoms with Gasteiger partial charge in [0.25, 0.3) is 0 Å². The number of amides is 1. The Morgan fingerprint density at radius 1 is 1.33 bits per heavy atom. The van der Waals surface area contributed by atoms with E-state index in [4.69, 9.17) is 5.11 Å². The lowest BCUT2D eigenvalue weighted by Gasteiger charge is -2.48. The number of hydrogen-bond donors (Lipinski definition) is 3. The lowest BCUT2D eigenvalue weighted by molar-refractivity contribution is -0.132. The van der Waals surface area contributed by atoms with Crippen LogP contribution >= 0.6 is 0 Å². The van der Waals surface area contributed by atoms with Gasteiger partial charge in [-0.25, -0.2) is 0 Å². The highest BCUT2D eigenvalue weighted by atomic mass is 16.3. The lowest BCUT2D eigenvalue weighted by atomic mass is 9.71. The van der Waals surface area contributed by atoms with Gasteiger partial charge in [-0.3, -0.25) is 4.79 Å². The third-order valence-electron chi connectivity index (χ3n) is 5.25. The topological polar surface area (TPSA) is 61.4 Å². The molecule has 4 heteroatoms. The Morgan fingerprint density at radius 2 is 2.06 bits per heavy atom. The minimum absolute atomic E-state index is 0.0666. The minimum Gasteiger partial charge on any atom is -0.396 e. The van der Waals surface area contributed by atoms with Crippen LogP contribution in [0, 0.1) is 11.3 Å². The molecule has 2 aliphatic carbocycles. The van der Waals surface area contributed by atoms with Crippen molar-refractivity contribution in [1.82, 2.24) is 10.6 Å². The molecule has 18 heavy (non-hydrogen) atoms. The highest BCUT2D eigenvalue weighted by Gasteiger charge is 2.52. The van der Waals surface area contributed by atoms with Crippen LogP contribution in [0.15, 0.2) is 0 Å². The molecule has 3 aliphatic rings. The molecule has 1 unspecified atom stereocenters. The predicted octanol–water partition coefficient (Wildman–Crippen LogP) is 0.796. The quantitative estimate of drug-likeness (QED) is 0.693. The Bertz CT molecular complexity index is 320. The second-order valence-corrected chi connectivity index (χ2v) is 6.44. The number of hydrogen-bond acceptors (Lipinski definition) is 3. The van der Waals surface area contributed by atoms with Crippen LogP contribution in [-0.2, 0) is 4.79 Å². The molecule has 0 aromatic carbocycles. The Kier molecular flexibility index (Phi) is 3.32. The first kappa shape index (κ1) is 12.4. The van der Waals surface area contributed by atoms with Gasteiger partial charge in [0.2, 0.25) is 5.91 Å². The van der Waals surface area contributed by atoms with Gasteiger partial charge in [0.15, 0.2) is 0 Å². The first-order chi connectivity index (χ1) is 8.73. The average Bonchev–Trinajstić information content (AvgIpc) is 2.76. The van der Waals surface area contributed by atoms with E-state index in [2.05, 4.69) is 10.6 Å². The minimum atomic E-state index is 0.0666. The molecule has 0 radical (unpaired) electrons. The van der Waals surface area contributed by atoms with Crippen LogP contribution in [0.4, 0.5) is 0 Å². The summed E-state index contributed by atoms with van der Waals surface area (Å²) in [4.78, 5) is 12.2. The zero-order valence-corrected chi connectivity index (χ0v) is 11.0. The maximum absolute atomic E-state index is 12.2. The lowest BCUT2D eigenvalue weighted by Crippen LogP contribution is -2.68. The molecule has 3 fully saturated rings. The van der Waals surface area contributed by atoms with Crippen molar-refractivity contribution < 1.29 is 9.90 Å². The smallest absolute Gasteiger partial charge is 0.237 e. The van der Waals surface area contributed by atoms with Gasteiger partial charge in [0.05, 0.1) is 6.04 Å². The molecule has 2 saturated carbocycles. The molecule has 1 atom stereocenters. The first-order valence-electron chi connectivity index (χ1n) is 7.38. The summed E-state index contributed by atoms with van der Waals surface area (Å²) < 4.78 is 0. The number of aliphatic hydroxyl groups is 1. The van der Waals surface area contributed by atoms with Crippen molar-refractivity contribution in [3.8, 4) is 0 Å². The number of rotatable bonds is 4. The van der Waals surface area contributed by atoms with E-state index in [9.17, 15) is 4.79 Å². The van der Waals surface area contributed by atoms with Crippen LogP contribution in [0.1, 0.15) is 44.9 Å². The summed E-state index contributed by atoms with van der Waals surface area (Å²) in [6.45, 7) is 1.31. The Labute approximate surface area is 109 Å². The molecular weight excluding hydrogens is 228 g/mol. The van der Waals surface area contributed by atoms with E-state index in [0.29, 0.717) is 17.4 Å². The van der Waals surface area contributed by atoms with E-state index in [-0.39, 0.29) is 18.6 Å². The third-order valence-corrected chi connectivity index (χ3v) is 5.25. The Morgan fingerprint density at radius 3 is 2.61 bits per heavy atom. The SMILES string of the molecule is O=C(NC1CC(CCO)C1)C1NCC12CCCC2. The van der Waals surface area contributed by atoms with Gasteiger partial charge in [-0.15, -0.1) is 0 Å². The molecule has 0 aromatic heterocycles. The van der Waals surface area contributed by atoms with Crippen LogP contribution in [0.3, 0.4) is 0 Å². The fraction of sp³-hybridized carbons (Fsp3) is 0.929. The molecule has 1 heterocycles. The van der Waals surface area contributed by atoms with Gasteiger partial charge in [0, 0.05) is 24.6 Å². The van der Waals surface area contributed by atoms with Crippen molar-refractivity contribution in [2.24, 2.45) is 11.3 Å². The van der Waals surface area contributed by atoms with Gasteiger partial charge < -0.3 is 15.7 Å². The fourth-order valence-electron chi connectivity index (χ4n) is 3.96. The molecule has 0 aromatic rings. The highest BCUT2D eigenvalue weighted by Crippen LogP contribution is 2.45. The van der Waals surface area contributed by atoms with Crippen LogP contribution in [0.25, 0.3) is 0 Å². The van der Waals surface area contributed by atoms with Crippen LogP contribution in [0.2, 0.25) is 0 Å². The molecule has 1 amide bonds. The van der Waals surface area contributed by atoms with Crippen molar-refractivity contribution in [3.05, 3.63) is 0 Å². The summed E-state index contributed by atoms with van der Waals surface area (Å²) in [5.74, 6) is 0.839. The zero-order valence-electron chi connectivity index (χ0n) is 11.0. The van der Waals surface area contributed by atoms with Crippen LogP contribution in [0.5, 0.6) is 0 Å². The highest BCUT2D eigenvalue weighted by molar-refractivity contribution is 5.84. The van der Waals surface area contributed by atoms with Gasteiger partial charge in [-0.2, -0.15) is 0 Å². The third kappa shape index (κ3) is 2.05. The molecular formula is C14H24N2O2. The Hall–Kier alpha value is -0.610. The molecule has 1 saturated heterocycles. The van der Waals surface area contributed by atoms with E-state index < -0.39 is 0 Å². The summed E-state index contributed by atoms with van der Waals surface area (Å²) in [5, 5.41) is 15.3. The molecule has 1 aliphatic heterocycles. The van der Waals surface area contributed by atoms with Gasteiger partial charge in [-0.05, 0) is 38.0 Å². The van der Waals surface area contributed by atoms with Crippen LogP contribution < -0.4 is 10.6 Å². The summed E-state index contributed by atoms with van der Waals surface area (Å²) in [5.41, 5.74) is 0.290. The molecule has 102 valence electrons. The van der Waals surface area contributed by atoms with Crippen LogP contribution in [-0.4, -0.2) is 36.2 Å². The zero-order chi connectivity index (χ0) is 12.6. The number of carbonyl (C=O) groups excluding carboxylic acids is 1. The molecule has 0 bridgehead atoms. The first-order valence-corrected chi connectivity index (χ1v) is 7.38. The van der Waals surface area contributed by atoms with Crippen molar-refractivity contribution in [3.63, 3.8) is 0 Å². The predicted molar refractivity (Wildman–Crippen MR) is 69.0 cm³/mol. The summed E-state index contributed by atoms with van der Waals surface area (Å²) in [6.07, 6.45) is 7.99. The van der Waals surface area contributed by atoms with Gasteiger partial charge >= 0.3 is 0 Å². The van der Waals surface area contributed by atoms with Crippen molar-refractivity contribution in [2.75, 3.05) is 13.2 Å². The van der Waals surface area contributed by atoms with Gasteiger partial charge in [-0.1, -0.05) is 12.8 Å². The Balaban J connectivity index is 1.45. The number of carbonyl (C=O) groups is 1. The van der Waals surface area contributed by atoms with Gasteiger partial charge in [0.1, 0.15) is 0 Å². The fourth-order valence-corrected chi connectivity index (χ4v) is 3.96. The summed E-state index contributed by atoms with van der Waals surface area (Å²) >= 11 is 0. The monoisotopic (exact) mass is 252 g/mol. The summed E-state index contributed by atoms with van der Waals surface area (Å²) in [6, 6.07) is 0.423. The van der Waals surface area contributed by atoms with Crippen molar-refractivity contribution >= 4 is 5.91 Å². The van der Waals surface area contributed by atoms with E-state index in [1.165, 1.54) is 25.7 Å².